The van der Waals surface area contributed by atoms with Crippen LogP contribution in [0.15, 0.2) is 30.5 Å². The summed E-state index contributed by atoms with van der Waals surface area (Å²) in [5, 5.41) is 1.02. The van der Waals surface area contributed by atoms with E-state index < -0.39 is 0 Å². The van der Waals surface area contributed by atoms with E-state index in [1.54, 1.807) is 13.3 Å². The van der Waals surface area contributed by atoms with Gasteiger partial charge in [0.05, 0.1) is 18.3 Å². The quantitative estimate of drug-likeness (QED) is 0.854. The van der Waals surface area contributed by atoms with Crippen LogP contribution in [0.25, 0.3) is 0 Å². The average Bonchev–Trinajstić information content (AvgIpc) is 2.98. The zero-order valence-corrected chi connectivity index (χ0v) is 15.0. The fraction of sp³-hybridized carbons (Fsp3) is 0.444. The number of aryl methyl sites for hydroxylation is 1. The molecule has 0 saturated carbocycles. The van der Waals surface area contributed by atoms with Crippen molar-refractivity contribution in [2.75, 3.05) is 38.2 Å². The number of carbonyl (C=O) groups excluding carboxylic acids is 1. The van der Waals surface area contributed by atoms with Crippen molar-refractivity contribution in [2.24, 2.45) is 0 Å². The highest BCUT2D eigenvalue weighted by Gasteiger charge is 2.22. The van der Waals surface area contributed by atoms with Gasteiger partial charge < -0.3 is 14.5 Å². The van der Waals surface area contributed by atoms with Gasteiger partial charge in [-0.05, 0) is 37.1 Å². The molecule has 0 aliphatic carbocycles. The first-order valence-corrected chi connectivity index (χ1v) is 9.16. The fourth-order valence-corrected chi connectivity index (χ4v) is 3.73. The topological polar surface area (TPSA) is 45.7 Å². The molecule has 0 bridgehead atoms. The smallest absolute Gasteiger partial charge is 0.265 e. The standard InChI is InChI=1S/C18H23N3O2S/c1-3-17-19-13-16(24-17)18(22)21-10-4-9-20(11-12-21)14-5-7-15(23-2)8-6-14/h5-8,13H,3-4,9-12H2,1-2H3. The van der Waals surface area contributed by atoms with Crippen molar-refractivity contribution in [3.63, 3.8) is 0 Å². The normalized spacial score (nSPS) is 15.2. The van der Waals surface area contributed by atoms with E-state index in [0.717, 1.165) is 54.7 Å². The summed E-state index contributed by atoms with van der Waals surface area (Å²) in [7, 11) is 1.67. The van der Waals surface area contributed by atoms with E-state index in [2.05, 4.69) is 28.9 Å². The number of amides is 1. The number of benzene rings is 1. The number of aromatic nitrogens is 1. The number of nitrogens with zero attached hydrogens (tertiary/aromatic N) is 3. The van der Waals surface area contributed by atoms with Crippen LogP contribution in [-0.2, 0) is 6.42 Å². The molecule has 3 rings (SSSR count). The van der Waals surface area contributed by atoms with Gasteiger partial charge in [0.15, 0.2) is 0 Å². The third-order valence-electron chi connectivity index (χ3n) is 4.29. The Morgan fingerprint density at radius 2 is 2.00 bits per heavy atom. The molecule has 1 aromatic carbocycles. The molecule has 6 heteroatoms. The van der Waals surface area contributed by atoms with E-state index in [9.17, 15) is 4.79 Å². The van der Waals surface area contributed by atoms with Gasteiger partial charge in [-0.1, -0.05) is 6.92 Å². The first-order valence-electron chi connectivity index (χ1n) is 8.34. The van der Waals surface area contributed by atoms with E-state index in [4.69, 9.17) is 4.74 Å². The van der Waals surface area contributed by atoms with Gasteiger partial charge in [-0.3, -0.25) is 4.79 Å². The van der Waals surface area contributed by atoms with Crippen LogP contribution in [0, 0.1) is 0 Å². The van der Waals surface area contributed by atoms with Gasteiger partial charge in [-0.25, -0.2) is 4.98 Å². The Morgan fingerprint density at radius 1 is 1.21 bits per heavy atom. The SMILES string of the molecule is CCc1ncc(C(=O)N2CCCN(c3ccc(OC)cc3)CC2)s1. The van der Waals surface area contributed by atoms with Gasteiger partial charge in [-0.2, -0.15) is 0 Å². The summed E-state index contributed by atoms with van der Waals surface area (Å²) in [5.74, 6) is 0.978. The second-order valence-corrected chi connectivity index (χ2v) is 6.92. The summed E-state index contributed by atoms with van der Waals surface area (Å²) in [6, 6.07) is 8.11. The molecule has 5 nitrogen and oxygen atoms in total. The lowest BCUT2D eigenvalue weighted by atomic mass is 10.2. The highest BCUT2D eigenvalue weighted by atomic mass is 32.1. The highest BCUT2D eigenvalue weighted by molar-refractivity contribution is 7.13. The van der Waals surface area contributed by atoms with Gasteiger partial charge in [0.2, 0.25) is 0 Å². The maximum atomic E-state index is 12.7. The third-order valence-corrected chi connectivity index (χ3v) is 5.42. The highest BCUT2D eigenvalue weighted by Crippen LogP contribution is 2.22. The second kappa shape index (κ2) is 7.66. The predicted octanol–water partition coefficient (Wildman–Crippen LogP) is 3.07. The number of methoxy groups -OCH3 is 1. The first-order chi connectivity index (χ1) is 11.7. The zero-order valence-electron chi connectivity index (χ0n) is 14.2. The van der Waals surface area contributed by atoms with E-state index in [-0.39, 0.29) is 5.91 Å². The minimum absolute atomic E-state index is 0.115. The number of rotatable bonds is 4. The molecule has 1 aromatic heterocycles. The van der Waals surface area contributed by atoms with Crippen molar-refractivity contribution >= 4 is 22.9 Å². The van der Waals surface area contributed by atoms with Crippen LogP contribution in [0.1, 0.15) is 28.0 Å². The minimum atomic E-state index is 0.115. The molecule has 24 heavy (non-hydrogen) atoms. The predicted molar refractivity (Wildman–Crippen MR) is 97.2 cm³/mol. The summed E-state index contributed by atoms with van der Waals surface area (Å²) in [4.78, 5) is 22.0. The van der Waals surface area contributed by atoms with E-state index in [0.29, 0.717) is 0 Å². The minimum Gasteiger partial charge on any atom is -0.497 e. The van der Waals surface area contributed by atoms with Crippen LogP contribution in [0.3, 0.4) is 0 Å². The molecule has 0 atom stereocenters. The Bertz CT molecular complexity index is 684. The molecule has 2 heterocycles. The lowest BCUT2D eigenvalue weighted by Gasteiger charge is -2.23. The maximum Gasteiger partial charge on any atom is 0.265 e. The first kappa shape index (κ1) is 16.8. The molecule has 0 unspecified atom stereocenters. The van der Waals surface area contributed by atoms with Crippen molar-refractivity contribution in [3.05, 3.63) is 40.3 Å². The molecule has 1 fully saturated rings. The number of anilines is 1. The van der Waals surface area contributed by atoms with Crippen molar-refractivity contribution in [1.29, 1.82) is 0 Å². The molecule has 1 aliphatic rings. The van der Waals surface area contributed by atoms with Crippen LogP contribution in [0.2, 0.25) is 0 Å². The van der Waals surface area contributed by atoms with Crippen molar-refractivity contribution in [1.82, 2.24) is 9.88 Å². The molecule has 1 saturated heterocycles. The molecule has 0 spiro atoms. The van der Waals surface area contributed by atoms with Gasteiger partial charge >= 0.3 is 0 Å². The van der Waals surface area contributed by atoms with E-state index in [1.165, 1.54) is 17.0 Å². The lowest BCUT2D eigenvalue weighted by Crippen LogP contribution is -2.34. The van der Waals surface area contributed by atoms with Crippen LogP contribution >= 0.6 is 11.3 Å². The Morgan fingerprint density at radius 3 is 2.67 bits per heavy atom. The number of thiazole rings is 1. The van der Waals surface area contributed by atoms with E-state index in [1.807, 2.05) is 17.0 Å². The van der Waals surface area contributed by atoms with Crippen LogP contribution in [-0.4, -0.2) is 49.1 Å². The Kier molecular flexibility index (Phi) is 5.35. The van der Waals surface area contributed by atoms with Gasteiger partial charge in [0, 0.05) is 31.9 Å². The van der Waals surface area contributed by atoms with Crippen LogP contribution in [0.4, 0.5) is 5.69 Å². The average molecular weight is 345 g/mol. The molecule has 0 radical (unpaired) electrons. The molecular weight excluding hydrogens is 322 g/mol. The number of ether oxygens (including phenoxy) is 1. The summed E-state index contributed by atoms with van der Waals surface area (Å²) in [5.41, 5.74) is 1.18. The Hall–Kier alpha value is -2.08. The van der Waals surface area contributed by atoms with Crippen LogP contribution < -0.4 is 9.64 Å². The van der Waals surface area contributed by atoms with Gasteiger partial charge in [0.1, 0.15) is 10.6 Å². The lowest BCUT2D eigenvalue weighted by molar-refractivity contribution is 0.0771. The zero-order chi connectivity index (χ0) is 16.9. The number of carbonyl (C=O) groups is 1. The summed E-state index contributed by atoms with van der Waals surface area (Å²) in [6.07, 6.45) is 3.57. The number of hydrogen-bond acceptors (Lipinski definition) is 5. The summed E-state index contributed by atoms with van der Waals surface area (Å²) < 4.78 is 5.21. The van der Waals surface area contributed by atoms with Crippen molar-refractivity contribution in [3.8, 4) is 5.75 Å². The number of hydrogen-bond donors (Lipinski definition) is 0. The molecule has 1 amide bonds. The summed E-state index contributed by atoms with van der Waals surface area (Å²) in [6.45, 7) is 5.40. The largest absolute Gasteiger partial charge is 0.497 e. The Labute approximate surface area is 146 Å². The van der Waals surface area contributed by atoms with Crippen molar-refractivity contribution in [2.45, 2.75) is 19.8 Å². The van der Waals surface area contributed by atoms with E-state index >= 15 is 0 Å². The van der Waals surface area contributed by atoms with Crippen molar-refractivity contribution < 1.29 is 9.53 Å². The third kappa shape index (κ3) is 3.70. The molecule has 128 valence electrons. The summed E-state index contributed by atoms with van der Waals surface area (Å²) >= 11 is 1.51. The molecule has 0 N–H and O–H groups in total. The fourth-order valence-electron chi connectivity index (χ4n) is 2.90. The van der Waals surface area contributed by atoms with Gasteiger partial charge in [0.25, 0.3) is 5.91 Å². The van der Waals surface area contributed by atoms with Gasteiger partial charge in [-0.15, -0.1) is 11.3 Å². The maximum absolute atomic E-state index is 12.7. The Balaban J connectivity index is 1.64. The second-order valence-electron chi connectivity index (χ2n) is 5.80. The monoisotopic (exact) mass is 345 g/mol. The molecule has 1 aliphatic heterocycles. The molecular formula is C18H23N3O2S. The molecule has 2 aromatic rings. The van der Waals surface area contributed by atoms with Crippen LogP contribution in [0.5, 0.6) is 5.75 Å².